The molecule has 1 amide bonds. The average Bonchev–Trinajstić information content (AvgIpc) is 3.24. The predicted octanol–water partition coefficient (Wildman–Crippen LogP) is 4.73. The summed E-state index contributed by atoms with van der Waals surface area (Å²) in [5.41, 5.74) is 5.07. The fourth-order valence-corrected chi connectivity index (χ4v) is 4.33. The minimum atomic E-state index is -0.248. The quantitative estimate of drug-likeness (QED) is 0.520. The number of fused-ring (bicyclic) bond motifs is 1. The molecule has 0 saturated carbocycles. The molecule has 4 rings (SSSR count). The average molecular weight is 407 g/mol. The third kappa shape index (κ3) is 4.00. The first kappa shape index (κ1) is 19.1. The Bertz CT molecular complexity index is 1210. The molecule has 2 aromatic heterocycles. The number of rotatable bonds is 5. The van der Waals surface area contributed by atoms with Gasteiger partial charge >= 0.3 is 0 Å². The van der Waals surface area contributed by atoms with E-state index in [2.05, 4.69) is 36.4 Å². The summed E-state index contributed by atoms with van der Waals surface area (Å²) in [5, 5.41) is 8.14. The highest BCUT2D eigenvalue weighted by molar-refractivity contribution is 7.20. The van der Waals surface area contributed by atoms with Crippen LogP contribution in [0.25, 0.3) is 15.3 Å². The van der Waals surface area contributed by atoms with E-state index in [-0.39, 0.29) is 12.5 Å². The van der Waals surface area contributed by atoms with Gasteiger partial charge < -0.3 is 10.1 Å². The standard InChI is InChI=1S/C22H22N4O2S/c1-13-9-15(3)21-18(10-13)29-22(24-21)26-19(11-16(4)25-26)23-20(27)12-28-17-8-6-5-7-14(17)2/h5-11H,12H2,1-4H3,(H,23,27). The molecule has 0 bridgehead atoms. The van der Waals surface area contributed by atoms with Crippen molar-refractivity contribution in [3.8, 4) is 10.9 Å². The lowest BCUT2D eigenvalue weighted by atomic mass is 10.1. The molecular formula is C22H22N4O2S. The van der Waals surface area contributed by atoms with Crippen LogP contribution in [0.15, 0.2) is 42.5 Å². The molecule has 0 spiro atoms. The summed E-state index contributed by atoms with van der Waals surface area (Å²) in [6.07, 6.45) is 0. The lowest BCUT2D eigenvalue weighted by molar-refractivity contribution is -0.118. The Morgan fingerprint density at radius 3 is 2.69 bits per heavy atom. The lowest BCUT2D eigenvalue weighted by Crippen LogP contribution is -2.22. The topological polar surface area (TPSA) is 69.0 Å². The van der Waals surface area contributed by atoms with Crippen molar-refractivity contribution in [3.63, 3.8) is 0 Å². The Kier molecular flexibility index (Phi) is 5.07. The Hall–Kier alpha value is -3.19. The Morgan fingerprint density at radius 1 is 1.10 bits per heavy atom. The number of nitrogens with one attached hydrogen (secondary N) is 1. The van der Waals surface area contributed by atoms with Crippen LogP contribution >= 0.6 is 11.3 Å². The van der Waals surface area contributed by atoms with E-state index in [9.17, 15) is 4.79 Å². The smallest absolute Gasteiger partial charge is 0.263 e. The van der Waals surface area contributed by atoms with Gasteiger partial charge in [0.15, 0.2) is 6.61 Å². The van der Waals surface area contributed by atoms with E-state index in [1.165, 1.54) is 5.56 Å². The van der Waals surface area contributed by atoms with Crippen molar-refractivity contribution in [2.75, 3.05) is 11.9 Å². The number of anilines is 1. The van der Waals surface area contributed by atoms with Crippen LogP contribution in [-0.4, -0.2) is 27.3 Å². The molecule has 0 unspecified atom stereocenters. The molecule has 2 aromatic carbocycles. The number of nitrogens with zero attached hydrogens (tertiary/aromatic N) is 3. The molecule has 148 valence electrons. The number of thiazole rings is 1. The van der Waals surface area contributed by atoms with Gasteiger partial charge in [0.2, 0.25) is 5.13 Å². The number of ether oxygens (including phenoxy) is 1. The number of para-hydroxylation sites is 1. The molecule has 6 nitrogen and oxygen atoms in total. The molecule has 0 aliphatic carbocycles. The van der Waals surface area contributed by atoms with Gasteiger partial charge in [0.1, 0.15) is 11.6 Å². The molecule has 0 atom stereocenters. The van der Waals surface area contributed by atoms with Crippen LogP contribution in [0.4, 0.5) is 5.82 Å². The zero-order valence-corrected chi connectivity index (χ0v) is 17.6. The van der Waals surface area contributed by atoms with Gasteiger partial charge in [-0.15, -0.1) is 0 Å². The molecule has 0 aliphatic heterocycles. The normalized spacial score (nSPS) is 11.0. The van der Waals surface area contributed by atoms with Gasteiger partial charge in [-0.1, -0.05) is 35.6 Å². The highest BCUT2D eigenvalue weighted by atomic mass is 32.1. The van der Waals surface area contributed by atoms with Crippen LogP contribution in [0, 0.1) is 27.7 Å². The first-order chi connectivity index (χ1) is 13.9. The Morgan fingerprint density at radius 2 is 1.90 bits per heavy atom. The van der Waals surface area contributed by atoms with Crippen LogP contribution in [0.3, 0.4) is 0 Å². The first-order valence-electron chi connectivity index (χ1n) is 9.34. The van der Waals surface area contributed by atoms with Gasteiger partial charge in [-0.2, -0.15) is 9.78 Å². The van der Waals surface area contributed by atoms with Gasteiger partial charge in [-0.3, -0.25) is 4.79 Å². The van der Waals surface area contributed by atoms with E-state index in [0.29, 0.717) is 11.6 Å². The number of hydrogen-bond donors (Lipinski definition) is 1. The zero-order chi connectivity index (χ0) is 20.5. The van der Waals surface area contributed by atoms with Gasteiger partial charge in [-0.05, 0) is 56.5 Å². The first-order valence-corrected chi connectivity index (χ1v) is 10.2. The lowest BCUT2D eigenvalue weighted by Gasteiger charge is -2.09. The van der Waals surface area contributed by atoms with E-state index in [1.54, 1.807) is 16.0 Å². The molecule has 0 saturated heterocycles. The molecule has 0 radical (unpaired) electrons. The molecule has 1 N–H and O–H groups in total. The molecule has 4 aromatic rings. The maximum Gasteiger partial charge on any atom is 0.263 e. The van der Waals surface area contributed by atoms with Crippen LogP contribution in [0.1, 0.15) is 22.4 Å². The van der Waals surface area contributed by atoms with E-state index in [1.807, 2.05) is 44.2 Å². The summed E-state index contributed by atoms with van der Waals surface area (Å²) >= 11 is 1.55. The van der Waals surface area contributed by atoms with E-state index < -0.39 is 0 Å². The van der Waals surface area contributed by atoms with E-state index in [4.69, 9.17) is 9.72 Å². The summed E-state index contributed by atoms with van der Waals surface area (Å²) in [5.74, 6) is 1.03. The second kappa shape index (κ2) is 7.67. The third-order valence-corrected chi connectivity index (χ3v) is 5.53. The summed E-state index contributed by atoms with van der Waals surface area (Å²) in [6.45, 7) is 7.89. The van der Waals surface area contributed by atoms with Gasteiger partial charge in [0.25, 0.3) is 5.91 Å². The van der Waals surface area contributed by atoms with Gasteiger partial charge in [0.05, 0.1) is 15.9 Å². The minimum Gasteiger partial charge on any atom is -0.483 e. The maximum absolute atomic E-state index is 12.5. The maximum atomic E-state index is 12.5. The number of amides is 1. The van der Waals surface area contributed by atoms with E-state index >= 15 is 0 Å². The van der Waals surface area contributed by atoms with Crippen LogP contribution in [0.2, 0.25) is 0 Å². The van der Waals surface area contributed by atoms with Crippen molar-refractivity contribution in [2.45, 2.75) is 27.7 Å². The monoisotopic (exact) mass is 406 g/mol. The third-order valence-electron chi connectivity index (χ3n) is 4.55. The summed E-state index contributed by atoms with van der Waals surface area (Å²) in [7, 11) is 0. The van der Waals surface area contributed by atoms with Crippen molar-refractivity contribution < 1.29 is 9.53 Å². The number of benzene rings is 2. The van der Waals surface area contributed by atoms with Crippen LogP contribution in [-0.2, 0) is 4.79 Å². The second-order valence-corrected chi connectivity index (χ2v) is 8.12. The Labute approximate surface area is 173 Å². The Balaban J connectivity index is 1.56. The SMILES string of the molecule is Cc1cc(C)c2nc(-n3nc(C)cc3NC(=O)COc3ccccc3C)sc2c1. The number of aryl methyl sites for hydroxylation is 4. The summed E-state index contributed by atoms with van der Waals surface area (Å²) < 4.78 is 8.43. The van der Waals surface area contributed by atoms with E-state index in [0.717, 1.165) is 32.2 Å². The number of carbonyl (C=O) groups excluding carboxylic acids is 1. The highest BCUT2D eigenvalue weighted by Gasteiger charge is 2.16. The molecule has 0 fully saturated rings. The number of carbonyl (C=O) groups is 1. The van der Waals surface area contributed by atoms with Crippen LogP contribution in [0.5, 0.6) is 5.75 Å². The van der Waals surface area contributed by atoms with Gasteiger partial charge in [-0.25, -0.2) is 4.98 Å². The molecular weight excluding hydrogens is 384 g/mol. The van der Waals surface area contributed by atoms with Gasteiger partial charge in [0, 0.05) is 6.07 Å². The number of hydrogen-bond acceptors (Lipinski definition) is 5. The number of aromatic nitrogens is 3. The van der Waals surface area contributed by atoms with Crippen molar-refractivity contribution in [1.82, 2.24) is 14.8 Å². The van der Waals surface area contributed by atoms with Crippen molar-refractivity contribution in [2.24, 2.45) is 0 Å². The van der Waals surface area contributed by atoms with Crippen molar-refractivity contribution in [3.05, 3.63) is 64.8 Å². The van der Waals surface area contributed by atoms with Crippen molar-refractivity contribution in [1.29, 1.82) is 0 Å². The molecule has 2 heterocycles. The van der Waals surface area contributed by atoms with Crippen molar-refractivity contribution >= 4 is 33.3 Å². The highest BCUT2D eigenvalue weighted by Crippen LogP contribution is 2.30. The fourth-order valence-electron chi connectivity index (χ4n) is 3.22. The predicted molar refractivity (Wildman–Crippen MR) is 116 cm³/mol. The second-order valence-electron chi connectivity index (χ2n) is 7.11. The summed E-state index contributed by atoms with van der Waals surface area (Å²) in [4.78, 5) is 17.2. The summed E-state index contributed by atoms with van der Waals surface area (Å²) in [6, 6.07) is 13.7. The molecule has 0 aliphatic rings. The molecule has 7 heteroatoms. The molecule has 29 heavy (non-hydrogen) atoms. The fraction of sp³-hybridized carbons (Fsp3) is 0.227. The van der Waals surface area contributed by atoms with Crippen LogP contribution < -0.4 is 10.1 Å². The largest absolute Gasteiger partial charge is 0.483 e. The minimum absolute atomic E-state index is 0.0762. The zero-order valence-electron chi connectivity index (χ0n) is 16.8.